The molecule has 0 aliphatic carbocycles. The molecule has 2 amide bonds. The van der Waals surface area contributed by atoms with E-state index in [1.165, 1.54) is 6.07 Å². The summed E-state index contributed by atoms with van der Waals surface area (Å²) in [4.78, 5) is 38.4. The molecular formula is C24H29FN4O2. The fourth-order valence-electron chi connectivity index (χ4n) is 4.69. The van der Waals surface area contributed by atoms with Crippen LogP contribution < -0.4 is 0 Å². The number of hydrogen-bond donors (Lipinski definition) is 0. The number of nitrogens with zero attached hydrogens (tertiary/aromatic N) is 4. The third-order valence-electron chi connectivity index (χ3n) is 6.75. The molecule has 2 aromatic rings. The summed E-state index contributed by atoms with van der Waals surface area (Å²) in [6.07, 6.45) is 8.43. The molecule has 164 valence electrons. The Labute approximate surface area is 182 Å². The molecule has 1 aromatic carbocycles. The van der Waals surface area contributed by atoms with Gasteiger partial charge >= 0.3 is 0 Å². The molecule has 0 N–H and O–H groups in total. The van der Waals surface area contributed by atoms with E-state index in [-0.39, 0.29) is 30.0 Å². The van der Waals surface area contributed by atoms with Gasteiger partial charge in [-0.25, -0.2) is 4.39 Å². The third kappa shape index (κ3) is 4.75. The topological polar surface area (TPSA) is 66.4 Å². The van der Waals surface area contributed by atoms with Crippen molar-refractivity contribution >= 4 is 11.8 Å². The molecule has 2 fully saturated rings. The van der Waals surface area contributed by atoms with Gasteiger partial charge < -0.3 is 9.80 Å². The number of halogens is 1. The fourth-order valence-corrected chi connectivity index (χ4v) is 4.69. The Balaban J connectivity index is 1.35. The monoisotopic (exact) mass is 424 g/mol. The normalized spacial score (nSPS) is 21.0. The van der Waals surface area contributed by atoms with E-state index in [4.69, 9.17) is 0 Å². The van der Waals surface area contributed by atoms with Crippen LogP contribution >= 0.6 is 0 Å². The fraction of sp³-hybridized carbons (Fsp3) is 0.500. The summed E-state index contributed by atoms with van der Waals surface area (Å²) in [5.41, 5.74) is 0.887. The zero-order valence-corrected chi connectivity index (χ0v) is 18.0. The van der Waals surface area contributed by atoms with Gasteiger partial charge in [-0.1, -0.05) is 25.1 Å². The molecule has 0 radical (unpaired) electrons. The van der Waals surface area contributed by atoms with Gasteiger partial charge in [-0.3, -0.25) is 19.6 Å². The first kappa shape index (κ1) is 21.4. The van der Waals surface area contributed by atoms with Gasteiger partial charge in [-0.15, -0.1) is 0 Å². The Hall–Kier alpha value is -2.83. The Morgan fingerprint density at radius 2 is 1.90 bits per heavy atom. The summed E-state index contributed by atoms with van der Waals surface area (Å²) in [5, 5.41) is 0. The second-order valence-electron chi connectivity index (χ2n) is 8.93. The summed E-state index contributed by atoms with van der Waals surface area (Å²) in [5.74, 6) is -0.0457. The average molecular weight is 425 g/mol. The molecule has 2 aliphatic rings. The van der Waals surface area contributed by atoms with Crippen molar-refractivity contribution in [2.75, 3.05) is 26.2 Å². The van der Waals surface area contributed by atoms with E-state index in [1.807, 2.05) is 11.8 Å². The lowest BCUT2D eigenvalue weighted by atomic mass is 9.78. The van der Waals surface area contributed by atoms with E-state index in [1.54, 1.807) is 41.7 Å². The lowest BCUT2D eigenvalue weighted by Gasteiger charge is -2.43. The van der Waals surface area contributed by atoms with Gasteiger partial charge in [0, 0.05) is 56.1 Å². The number of carbonyl (C=O) groups is 2. The van der Waals surface area contributed by atoms with Gasteiger partial charge in [0.2, 0.25) is 11.8 Å². The molecule has 1 atom stereocenters. The molecule has 0 unspecified atom stereocenters. The zero-order chi connectivity index (χ0) is 21.8. The van der Waals surface area contributed by atoms with Gasteiger partial charge in [0.05, 0.1) is 12.1 Å². The zero-order valence-electron chi connectivity index (χ0n) is 18.0. The lowest BCUT2D eigenvalue weighted by molar-refractivity contribution is -0.148. The predicted octanol–water partition coefficient (Wildman–Crippen LogP) is 3.19. The molecule has 7 heteroatoms. The first-order chi connectivity index (χ1) is 15.0. The lowest BCUT2D eigenvalue weighted by Crippen LogP contribution is -2.52. The van der Waals surface area contributed by atoms with Crippen molar-refractivity contribution in [1.29, 1.82) is 0 Å². The summed E-state index contributed by atoms with van der Waals surface area (Å²) in [6, 6.07) is 6.39. The van der Waals surface area contributed by atoms with Crippen molar-refractivity contribution in [3.05, 3.63) is 59.9 Å². The second kappa shape index (κ2) is 9.12. The van der Waals surface area contributed by atoms with Crippen LogP contribution in [0.2, 0.25) is 0 Å². The van der Waals surface area contributed by atoms with Crippen molar-refractivity contribution in [3.8, 4) is 0 Å². The minimum Gasteiger partial charge on any atom is -0.342 e. The van der Waals surface area contributed by atoms with Crippen molar-refractivity contribution in [2.24, 2.45) is 5.41 Å². The van der Waals surface area contributed by atoms with Gasteiger partial charge in [0.1, 0.15) is 5.82 Å². The Bertz CT molecular complexity index is 928. The Morgan fingerprint density at radius 1 is 1.13 bits per heavy atom. The molecule has 2 saturated heterocycles. The number of benzene rings is 1. The second-order valence-corrected chi connectivity index (χ2v) is 8.93. The summed E-state index contributed by atoms with van der Waals surface area (Å²) in [6.45, 7) is 4.50. The first-order valence-electron chi connectivity index (χ1n) is 11.0. The van der Waals surface area contributed by atoms with Crippen LogP contribution in [0.4, 0.5) is 4.39 Å². The van der Waals surface area contributed by atoms with Crippen LogP contribution in [-0.2, 0) is 16.0 Å². The van der Waals surface area contributed by atoms with E-state index in [9.17, 15) is 14.0 Å². The molecule has 31 heavy (non-hydrogen) atoms. The SMILES string of the molecule is CC1(C(=O)N2CCC[C@@H](c3cnccn3)C2)CCN(C(=O)Cc2ccccc2F)CC1. The standard InChI is InChI=1S/C24H29FN4O2/c1-24(23(31)29-12-4-6-19(17-29)21-16-26-10-11-27-21)8-13-28(14-9-24)22(30)15-18-5-2-3-7-20(18)25/h2-3,5,7,10-11,16,19H,4,6,8-9,12-15,17H2,1H3/t19-/m1/s1. The molecule has 6 nitrogen and oxygen atoms in total. The maximum Gasteiger partial charge on any atom is 0.228 e. The smallest absolute Gasteiger partial charge is 0.228 e. The van der Waals surface area contributed by atoms with Crippen molar-refractivity contribution in [3.63, 3.8) is 0 Å². The van der Waals surface area contributed by atoms with Crippen LogP contribution in [0.25, 0.3) is 0 Å². The maximum atomic E-state index is 13.9. The highest BCUT2D eigenvalue weighted by Crippen LogP contribution is 2.36. The molecule has 3 heterocycles. The van der Waals surface area contributed by atoms with Crippen LogP contribution in [0, 0.1) is 11.2 Å². The first-order valence-corrected chi connectivity index (χ1v) is 11.0. The quantitative estimate of drug-likeness (QED) is 0.756. The largest absolute Gasteiger partial charge is 0.342 e. The molecule has 0 spiro atoms. The van der Waals surface area contributed by atoms with Crippen LogP contribution in [0.5, 0.6) is 0 Å². The Kier molecular flexibility index (Phi) is 6.30. The highest BCUT2D eigenvalue weighted by atomic mass is 19.1. The van der Waals surface area contributed by atoms with Gasteiger partial charge in [-0.05, 0) is 37.3 Å². The van der Waals surface area contributed by atoms with E-state index in [0.29, 0.717) is 38.0 Å². The van der Waals surface area contributed by atoms with Crippen LogP contribution in [0.15, 0.2) is 42.9 Å². The summed E-state index contributed by atoms with van der Waals surface area (Å²) >= 11 is 0. The predicted molar refractivity (Wildman–Crippen MR) is 115 cm³/mol. The number of carbonyl (C=O) groups excluding carboxylic acids is 2. The summed E-state index contributed by atoms with van der Waals surface area (Å²) in [7, 11) is 0. The molecule has 0 bridgehead atoms. The van der Waals surface area contributed by atoms with E-state index in [0.717, 1.165) is 25.1 Å². The molecular weight excluding hydrogens is 395 g/mol. The van der Waals surface area contributed by atoms with Gasteiger partial charge in [-0.2, -0.15) is 0 Å². The van der Waals surface area contributed by atoms with Gasteiger partial charge in [0.15, 0.2) is 0 Å². The van der Waals surface area contributed by atoms with Crippen molar-refractivity contribution in [2.45, 2.75) is 44.9 Å². The van der Waals surface area contributed by atoms with Gasteiger partial charge in [0.25, 0.3) is 0 Å². The van der Waals surface area contributed by atoms with Crippen LogP contribution in [-0.4, -0.2) is 57.8 Å². The summed E-state index contributed by atoms with van der Waals surface area (Å²) < 4.78 is 13.9. The Morgan fingerprint density at radius 3 is 2.61 bits per heavy atom. The number of piperidine rings is 2. The average Bonchev–Trinajstić information content (AvgIpc) is 2.81. The molecule has 0 saturated carbocycles. The van der Waals surface area contributed by atoms with Crippen molar-refractivity contribution < 1.29 is 14.0 Å². The molecule has 1 aromatic heterocycles. The van der Waals surface area contributed by atoms with Crippen LogP contribution in [0.3, 0.4) is 0 Å². The highest BCUT2D eigenvalue weighted by molar-refractivity contribution is 5.84. The van der Waals surface area contributed by atoms with Crippen LogP contribution in [0.1, 0.15) is 49.8 Å². The number of rotatable bonds is 4. The van der Waals surface area contributed by atoms with E-state index in [2.05, 4.69) is 9.97 Å². The number of likely N-dealkylation sites (tertiary alicyclic amines) is 2. The van der Waals surface area contributed by atoms with E-state index < -0.39 is 5.41 Å². The number of aromatic nitrogens is 2. The number of amides is 2. The molecule has 4 rings (SSSR count). The minimum absolute atomic E-state index is 0.0588. The minimum atomic E-state index is -0.473. The number of hydrogen-bond acceptors (Lipinski definition) is 4. The highest BCUT2D eigenvalue weighted by Gasteiger charge is 2.41. The molecule has 2 aliphatic heterocycles. The maximum absolute atomic E-state index is 13.9. The third-order valence-corrected chi connectivity index (χ3v) is 6.75. The van der Waals surface area contributed by atoms with Crippen molar-refractivity contribution in [1.82, 2.24) is 19.8 Å². The van der Waals surface area contributed by atoms with E-state index >= 15 is 0 Å².